The molecule has 2 aromatic rings. The summed E-state index contributed by atoms with van der Waals surface area (Å²) in [7, 11) is -0.708. The fourth-order valence-corrected chi connectivity index (χ4v) is 6.24. The number of rotatable bonds is 6. The van der Waals surface area contributed by atoms with Gasteiger partial charge in [-0.25, -0.2) is 8.42 Å². The molecule has 148 valence electrons. The molecule has 0 spiro atoms. The minimum absolute atomic E-state index is 0.179. The number of sulfonamides is 1. The second kappa shape index (κ2) is 6.79. The number of hydrogen-bond donors (Lipinski definition) is 1. The van der Waals surface area contributed by atoms with Crippen LogP contribution in [0.1, 0.15) is 12.0 Å². The summed E-state index contributed by atoms with van der Waals surface area (Å²) in [5.74, 6) is 0.331. The molecule has 2 aliphatic rings. The van der Waals surface area contributed by atoms with Crippen molar-refractivity contribution in [2.45, 2.75) is 17.7 Å². The largest absolute Gasteiger partial charge is 0.493 e. The van der Waals surface area contributed by atoms with E-state index >= 15 is 0 Å². The Balaban J connectivity index is 1.54. The summed E-state index contributed by atoms with van der Waals surface area (Å²) in [6.07, 6.45) is 0.361. The molecule has 1 saturated carbocycles. The Bertz CT molecular complexity index is 1010. The van der Waals surface area contributed by atoms with E-state index in [2.05, 4.69) is 5.32 Å². The first-order valence-corrected chi connectivity index (χ1v) is 10.4. The number of nitrogens with zero attached hydrogens (tertiary/aromatic N) is 1. The molecule has 1 amide bonds. The maximum absolute atomic E-state index is 13.1. The van der Waals surface area contributed by atoms with E-state index in [0.717, 1.165) is 5.56 Å². The van der Waals surface area contributed by atoms with Crippen molar-refractivity contribution in [3.05, 3.63) is 54.1 Å². The second-order valence-electron chi connectivity index (χ2n) is 7.10. The fraction of sp³-hybridized carbons (Fsp3) is 0.350. The van der Waals surface area contributed by atoms with E-state index in [1.807, 2.05) is 30.3 Å². The van der Waals surface area contributed by atoms with Crippen LogP contribution >= 0.6 is 0 Å². The Morgan fingerprint density at radius 3 is 2.54 bits per heavy atom. The van der Waals surface area contributed by atoms with Crippen LogP contribution in [0.4, 0.5) is 5.69 Å². The number of anilines is 1. The highest BCUT2D eigenvalue weighted by Crippen LogP contribution is 2.58. The van der Waals surface area contributed by atoms with Gasteiger partial charge in [-0.15, -0.1) is 0 Å². The van der Waals surface area contributed by atoms with Gasteiger partial charge in [-0.1, -0.05) is 30.3 Å². The van der Waals surface area contributed by atoms with Crippen molar-refractivity contribution in [1.29, 1.82) is 0 Å². The van der Waals surface area contributed by atoms with Crippen molar-refractivity contribution in [2.75, 3.05) is 26.1 Å². The van der Waals surface area contributed by atoms with Crippen molar-refractivity contribution in [3.63, 3.8) is 0 Å². The lowest BCUT2D eigenvalue weighted by molar-refractivity contribution is -0.116. The molecule has 0 aromatic heterocycles. The quantitative estimate of drug-likeness (QED) is 0.801. The van der Waals surface area contributed by atoms with E-state index in [1.54, 1.807) is 18.2 Å². The molecule has 7 nitrogen and oxygen atoms in total. The zero-order chi connectivity index (χ0) is 19.9. The first-order valence-electron chi connectivity index (χ1n) is 8.99. The zero-order valence-electron chi connectivity index (χ0n) is 15.7. The van der Waals surface area contributed by atoms with Crippen molar-refractivity contribution in [3.8, 4) is 11.5 Å². The first kappa shape index (κ1) is 18.8. The van der Waals surface area contributed by atoms with Crippen molar-refractivity contribution in [2.24, 2.45) is 5.92 Å². The molecule has 0 bridgehead atoms. The van der Waals surface area contributed by atoms with E-state index in [-0.39, 0.29) is 12.5 Å². The number of nitrogens with one attached hydrogen (secondary N) is 1. The third-order valence-corrected chi connectivity index (χ3v) is 8.06. The number of carbonyl (C=O) groups is 1. The average Bonchev–Trinajstić information content (AvgIpc) is 3.39. The van der Waals surface area contributed by atoms with Crippen LogP contribution in [0.3, 0.4) is 0 Å². The van der Waals surface area contributed by atoms with Crippen LogP contribution in [0.2, 0.25) is 0 Å². The number of benzene rings is 2. The van der Waals surface area contributed by atoms with Gasteiger partial charge in [0.15, 0.2) is 16.2 Å². The van der Waals surface area contributed by atoms with Crippen molar-refractivity contribution < 1.29 is 22.7 Å². The lowest BCUT2D eigenvalue weighted by Gasteiger charge is -2.21. The van der Waals surface area contributed by atoms with E-state index < -0.39 is 20.7 Å². The fourth-order valence-electron chi connectivity index (χ4n) is 3.89. The summed E-state index contributed by atoms with van der Waals surface area (Å²) in [6, 6.07) is 14.4. The van der Waals surface area contributed by atoms with Gasteiger partial charge in [0.25, 0.3) is 0 Å². The van der Waals surface area contributed by atoms with Gasteiger partial charge < -0.3 is 14.8 Å². The number of hydrogen-bond acceptors (Lipinski definition) is 5. The molecule has 2 atom stereocenters. The lowest BCUT2D eigenvalue weighted by Crippen LogP contribution is -2.41. The molecule has 1 N–H and O–H groups in total. The summed E-state index contributed by atoms with van der Waals surface area (Å²) < 4.78 is 36.8. The predicted molar refractivity (Wildman–Crippen MR) is 105 cm³/mol. The molecule has 4 rings (SSSR count). The van der Waals surface area contributed by atoms with Gasteiger partial charge >= 0.3 is 0 Å². The van der Waals surface area contributed by atoms with E-state index in [1.165, 1.54) is 18.5 Å². The highest BCUT2D eigenvalue weighted by molar-refractivity contribution is 7.92. The van der Waals surface area contributed by atoms with Crippen LogP contribution in [0.5, 0.6) is 11.5 Å². The van der Waals surface area contributed by atoms with Gasteiger partial charge in [0.2, 0.25) is 15.9 Å². The zero-order valence-corrected chi connectivity index (χ0v) is 16.5. The highest BCUT2D eigenvalue weighted by Gasteiger charge is 2.75. The van der Waals surface area contributed by atoms with Crippen LogP contribution in [0, 0.1) is 5.92 Å². The van der Waals surface area contributed by atoms with Gasteiger partial charge in [-0.3, -0.25) is 4.79 Å². The van der Waals surface area contributed by atoms with Gasteiger partial charge in [0, 0.05) is 30.8 Å². The lowest BCUT2D eigenvalue weighted by atomic mass is 10.2. The summed E-state index contributed by atoms with van der Waals surface area (Å²) in [5.41, 5.74) is 1.38. The molecule has 1 aliphatic heterocycles. The highest BCUT2D eigenvalue weighted by atomic mass is 32.2. The van der Waals surface area contributed by atoms with Crippen molar-refractivity contribution >= 4 is 21.6 Å². The van der Waals surface area contributed by atoms with E-state index in [0.29, 0.717) is 30.2 Å². The number of fused-ring (bicyclic) bond motifs is 1. The summed E-state index contributed by atoms with van der Waals surface area (Å²) >= 11 is 0. The monoisotopic (exact) mass is 402 g/mol. The standard InChI is InChI=1S/C20H22N2O5S/c1-26-17-9-8-16(10-18(17)27-2)21-19(23)20-11-15(20)13-22(28(20,24)25)12-14-6-4-3-5-7-14/h3-10,15H,11-13H2,1-2H3,(H,21,23)/t15-,20-/m1/s1. The first-order chi connectivity index (χ1) is 13.4. The molecule has 1 aliphatic carbocycles. The normalized spacial score (nSPS) is 25.0. The Hall–Kier alpha value is -2.58. The molecule has 0 radical (unpaired) electrons. The Morgan fingerprint density at radius 1 is 1.14 bits per heavy atom. The van der Waals surface area contributed by atoms with E-state index in [4.69, 9.17) is 9.47 Å². The van der Waals surface area contributed by atoms with Gasteiger partial charge in [-0.05, 0) is 24.1 Å². The van der Waals surface area contributed by atoms with Crippen molar-refractivity contribution in [1.82, 2.24) is 4.31 Å². The van der Waals surface area contributed by atoms with Gasteiger partial charge in [-0.2, -0.15) is 4.31 Å². The molecule has 2 fully saturated rings. The topological polar surface area (TPSA) is 84.9 Å². The van der Waals surface area contributed by atoms with Crippen LogP contribution in [0.25, 0.3) is 0 Å². The van der Waals surface area contributed by atoms with Crippen LogP contribution in [0.15, 0.2) is 48.5 Å². The molecule has 1 heterocycles. The van der Waals surface area contributed by atoms with Crippen LogP contribution in [-0.4, -0.2) is 44.1 Å². The molecule has 2 aromatic carbocycles. The molecular formula is C20H22N2O5S. The van der Waals surface area contributed by atoms with Gasteiger partial charge in [0.05, 0.1) is 14.2 Å². The smallest absolute Gasteiger partial charge is 0.247 e. The SMILES string of the molecule is COc1ccc(NC(=O)[C@@]23C[C@@H]2CN(Cc2ccccc2)S3(=O)=O)cc1OC. The second-order valence-corrected chi connectivity index (χ2v) is 9.29. The van der Waals surface area contributed by atoms with Gasteiger partial charge in [0.1, 0.15) is 0 Å². The minimum atomic E-state index is -3.73. The minimum Gasteiger partial charge on any atom is -0.493 e. The Labute approximate surface area is 164 Å². The third-order valence-electron chi connectivity index (χ3n) is 5.50. The predicted octanol–water partition coefficient (Wildman–Crippen LogP) is 2.25. The Kier molecular flexibility index (Phi) is 4.55. The average molecular weight is 402 g/mol. The third kappa shape index (κ3) is 2.84. The summed E-state index contributed by atoms with van der Waals surface area (Å²) in [6.45, 7) is 0.654. The number of ether oxygens (including phenoxy) is 2. The number of carbonyl (C=O) groups excluding carboxylic acids is 1. The maximum Gasteiger partial charge on any atom is 0.247 e. The summed E-state index contributed by atoms with van der Waals surface area (Å²) in [5, 5.41) is 2.75. The molecule has 1 saturated heterocycles. The molecule has 8 heteroatoms. The molecular weight excluding hydrogens is 380 g/mol. The number of methoxy groups -OCH3 is 2. The summed E-state index contributed by atoms with van der Waals surface area (Å²) in [4.78, 5) is 13.0. The van der Waals surface area contributed by atoms with Crippen LogP contribution < -0.4 is 14.8 Å². The maximum atomic E-state index is 13.1. The Morgan fingerprint density at radius 2 is 1.86 bits per heavy atom. The van der Waals surface area contributed by atoms with Crippen LogP contribution in [-0.2, 0) is 21.4 Å². The van der Waals surface area contributed by atoms with E-state index in [9.17, 15) is 13.2 Å². The number of amides is 1. The molecule has 0 unspecified atom stereocenters. The molecule has 28 heavy (non-hydrogen) atoms.